The van der Waals surface area contributed by atoms with Gasteiger partial charge in [0.05, 0.1) is 11.1 Å². The molecule has 0 spiro atoms. The fourth-order valence-electron chi connectivity index (χ4n) is 2.77. The molecule has 0 saturated heterocycles. The second kappa shape index (κ2) is 8.19. The summed E-state index contributed by atoms with van der Waals surface area (Å²) >= 11 is 0. The Labute approximate surface area is 169 Å². The number of esters is 2. The zero-order valence-electron chi connectivity index (χ0n) is 16.8. The van der Waals surface area contributed by atoms with Gasteiger partial charge in [-0.25, -0.2) is 9.59 Å². The molecule has 5 nitrogen and oxygen atoms in total. The Morgan fingerprint density at radius 3 is 1.83 bits per heavy atom. The number of ether oxygens (including phenoxy) is 2. The molecule has 0 bridgehead atoms. The lowest BCUT2D eigenvalue weighted by molar-refractivity contribution is 0.0443. The summed E-state index contributed by atoms with van der Waals surface area (Å²) in [5, 5.41) is 8.94. The lowest BCUT2D eigenvalue weighted by Gasteiger charge is -2.08. The molecule has 1 aliphatic rings. The van der Waals surface area contributed by atoms with Crippen molar-refractivity contribution >= 4 is 11.9 Å². The molecule has 0 fully saturated rings. The molecule has 0 unspecified atom stereocenters. The first kappa shape index (κ1) is 20.1. The summed E-state index contributed by atoms with van der Waals surface area (Å²) < 4.78 is 10.2. The third-order valence-corrected chi connectivity index (χ3v) is 4.82. The lowest BCUT2D eigenvalue weighted by atomic mass is 10.1. The highest BCUT2D eigenvalue weighted by molar-refractivity contribution is 6.14. The van der Waals surface area contributed by atoms with E-state index in [0.717, 1.165) is 11.1 Å². The number of phenolic OH excluding ortho intramolecular Hbond substituents is 1. The number of carbonyl (C=O) groups is 2. The zero-order chi connectivity index (χ0) is 21.1. The van der Waals surface area contributed by atoms with Crippen molar-refractivity contribution in [1.82, 2.24) is 0 Å². The average molecular weight is 390 g/mol. The van der Waals surface area contributed by atoms with Crippen molar-refractivity contribution in [2.45, 2.75) is 27.7 Å². The van der Waals surface area contributed by atoms with Gasteiger partial charge in [-0.15, -0.1) is 0 Å². The quantitative estimate of drug-likeness (QED) is 0.467. The molecule has 148 valence electrons. The van der Waals surface area contributed by atoms with Crippen molar-refractivity contribution < 1.29 is 24.2 Å². The molecule has 29 heavy (non-hydrogen) atoms. The van der Waals surface area contributed by atoms with Gasteiger partial charge < -0.3 is 14.6 Å². The SMILES string of the molecule is Cc1ccc(O)cc1C.Cc1ccc(Oc2ccc3c(c2)C(=O)OC3=O)cc1C. The second-order valence-corrected chi connectivity index (χ2v) is 7.00. The molecule has 0 amide bonds. The van der Waals surface area contributed by atoms with Gasteiger partial charge in [-0.3, -0.25) is 0 Å². The highest BCUT2D eigenvalue weighted by Gasteiger charge is 2.29. The van der Waals surface area contributed by atoms with E-state index in [4.69, 9.17) is 9.84 Å². The van der Waals surface area contributed by atoms with Gasteiger partial charge in [-0.05, 0) is 92.4 Å². The fraction of sp³-hybridized carbons (Fsp3) is 0.167. The van der Waals surface area contributed by atoms with Crippen LogP contribution in [0.1, 0.15) is 43.0 Å². The molecule has 0 radical (unpaired) electrons. The minimum absolute atomic E-state index is 0.247. The first-order chi connectivity index (χ1) is 13.7. The number of hydrogen-bond donors (Lipinski definition) is 1. The van der Waals surface area contributed by atoms with E-state index in [9.17, 15) is 9.59 Å². The fourth-order valence-corrected chi connectivity index (χ4v) is 2.77. The normalized spacial score (nSPS) is 12.0. The van der Waals surface area contributed by atoms with Crippen molar-refractivity contribution in [3.8, 4) is 17.2 Å². The van der Waals surface area contributed by atoms with Gasteiger partial charge in [0.2, 0.25) is 0 Å². The van der Waals surface area contributed by atoms with Crippen molar-refractivity contribution in [2.75, 3.05) is 0 Å². The Kier molecular flexibility index (Phi) is 5.69. The van der Waals surface area contributed by atoms with Crippen molar-refractivity contribution in [1.29, 1.82) is 0 Å². The number of aromatic hydroxyl groups is 1. The van der Waals surface area contributed by atoms with Crippen LogP contribution in [0.2, 0.25) is 0 Å². The monoisotopic (exact) mass is 390 g/mol. The molecule has 0 atom stereocenters. The summed E-state index contributed by atoms with van der Waals surface area (Å²) in [4.78, 5) is 22.8. The Bertz CT molecular complexity index is 1100. The Balaban J connectivity index is 0.000000224. The van der Waals surface area contributed by atoms with Gasteiger partial charge in [-0.1, -0.05) is 12.1 Å². The lowest BCUT2D eigenvalue weighted by Crippen LogP contribution is -1.96. The predicted molar refractivity (Wildman–Crippen MR) is 110 cm³/mol. The predicted octanol–water partition coefficient (Wildman–Crippen LogP) is 5.42. The molecule has 4 rings (SSSR count). The Hall–Kier alpha value is -3.60. The summed E-state index contributed by atoms with van der Waals surface area (Å²) in [6.45, 7) is 8.03. The van der Waals surface area contributed by atoms with Crippen LogP contribution in [0.4, 0.5) is 0 Å². The van der Waals surface area contributed by atoms with E-state index < -0.39 is 11.9 Å². The maximum Gasteiger partial charge on any atom is 0.347 e. The first-order valence-corrected chi connectivity index (χ1v) is 9.16. The Morgan fingerprint density at radius 1 is 0.655 bits per heavy atom. The first-order valence-electron chi connectivity index (χ1n) is 9.16. The van der Waals surface area contributed by atoms with Crippen molar-refractivity contribution in [3.63, 3.8) is 0 Å². The summed E-state index contributed by atoms with van der Waals surface area (Å²) in [5.41, 5.74) is 5.18. The average Bonchev–Trinajstić information content (AvgIpc) is 2.96. The van der Waals surface area contributed by atoms with Gasteiger partial charge in [0, 0.05) is 0 Å². The second-order valence-electron chi connectivity index (χ2n) is 7.00. The number of fused-ring (bicyclic) bond motifs is 1. The third kappa shape index (κ3) is 4.63. The van der Waals surface area contributed by atoms with E-state index in [1.165, 1.54) is 17.2 Å². The van der Waals surface area contributed by atoms with E-state index in [0.29, 0.717) is 17.2 Å². The van der Waals surface area contributed by atoms with Gasteiger partial charge in [0.25, 0.3) is 0 Å². The molecular weight excluding hydrogens is 368 g/mol. The van der Waals surface area contributed by atoms with Crippen LogP contribution in [0.15, 0.2) is 54.6 Å². The van der Waals surface area contributed by atoms with Crippen LogP contribution in [-0.4, -0.2) is 17.0 Å². The van der Waals surface area contributed by atoms with Crippen LogP contribution in [0.25, 0.3) is 0 Å². The summed E-state index contributed by atoms with van der Waals surface area (Å²) in [7, 11) is 0. The largest absolute Gasteiger partial charge is 0.508 e. The van der Waals surface area contributed by atoms with Crippen LogP contribution in [0.5, 0.6) is 17.2 Å². The highest BCUT2D eigenvalue weighted by Crippen LogP contribution is 2.28. The highest BCUT2D eigenvalue weighted by atomic mass is 16.6. The van der Waals surface area contributed by atoms with E-state index in [1.54, 1.807) is 24.3 Å². The number of carbonyl (C=O) groups excluding carboxylic acids is 2. The molecule has 0 aromatic heterocycles. The molecule has 0 saturated carbocycles. The molecular formula is C24H22O5. The maximum atomic E-state index is 11.5. The zero-order valence-corrected chi connectivity index (χ0v) is 16.8. The number of phenols is 1. The molecule has 3 aromatic carbocycles. The van der Waals surface area contributed by atoms with Gasteiger partial charge >= 0.3 is 11.9 Å². The smallest absolute Gasteiger partial charge is 0.347 e. The summed E-state index contributed by atoms with van der Waals surface area (Å²) in [5.74, 6) is 0.292. The van der Waals surface area contributed by atoms with E-state index >= 15 is 0 Å². The van der Waals surface area contributed by atoms with Crippen LogP contribution in [0, 0.1) is 27.7 Å². The Morgan fingerprint density at radius 2 is 1.21 bits per heavy atom. The maximum absolute atomic E-state index is 11.5. The number of aryl methyl sites for hydroxylation is 4. The van der Waals surface area contributed by atoms with Crippen LogP contribution >= 0.6 is 0 Å². The van der Waals surface area contributed by atoms with Crippen molar-refractivity contribution in [2.24, 2.45) is 0 Å². The van der Waals surface area contributed by atoms with Gasteiger partial charge in [-0.2, -0.15) is 0 Å². The third-order valence-electron chi connectivity index (χ3n) is 4.82. The topological polar surface area (TPSA) is 72.8 Å². The van der Waals surface area contributed by atoms with Gasteiger partial charge in [0.15, 0.2) is 0 Å². The van der Waals surface area contributed by atoms with E-state index in [1.807, 2.05) is 52.0 Å². The molecule has 1 heterocycles. The summed E-state index contributed by atoms with van der Waals surface area (Å²) in [6, 6.07) is 15.8. The van der Waals surface area contributed by atoms with E-state index in [-0.39, 0.29) is 11.1 Å². The minimum atomic E-state index is -0.629. The van der Waals surface area contributed by atoms with Crippen molar-refractivity contribution in [3.05, 3.63) is 88.0 Å². The van der Waals surface area contributed by atoms with E-state index in [2.05, 4.69) is 4.74 Å². The molecule has 3 aromatic rings. The number of benzene rings is 3. The number of cyclic esters (lactones) is 2. The molecule has 1 aliphatic heterocycles. The van der Waals surface area contributed by atoms with Crippen LogP contribution in [-0.2, 0) is 4.74 Å². The minimum Gasteiger partial charge on any atom is -0.508 e. The molecule has 5 heteroatoms. The number of hydrogen-bond acceptors (Lipinski definition) is 5. The molecule has 1 N–H and O–H groups in total. The number of rotatable bonds is 2. The standard InChI is InChI=1S/C16H12O4.C8H10O/c1-9-3-4-11(7-10(9)2)19-12-5-6-13-14(8-12)16(18)20-15(13)17;1-6-3-4-8(9)5-7(6)2/h3-8H,1-2H3;3-5,9H,1-2H3. The molecule has 0 aliphatic carbocycles. The summed E-state index contributed by atoms with van der Waals surface area (Å²) in [6.07, 6.45) is 0. The van der Waals surface area contributed by atoms with Crippen LogP contribution < -0.4 is 4.74 Å². The van der Waals surface area contributed by atoms with Gasteiger partial charge in [0.1, 0.15) is 17.2 Å². The van der Waals surface area contributed by atoms with Crippen LogP contribution in [0.3, 0.4) is 0 Å².